The highest BCUT2D eigenvalue weighted by molar-refractivity contribution is 5.83. The van der Waals surface area contributed by atoms with Crippen molar-refractivity contribution in [3.05, 3.63) is 46.6 Å². The second kappa shape index (κ2) is 9.37. The molecule has 1 saturated heterocycles. The van der Waals surface area contributed by atoms with Gasteiger partial charge in [0.2, 0.25) is 5.95 Å². The van der Waals surface area contributed by atoms with E-state index in [9.17, 15) is 10.2 Å². The normalized spacial score (nSPS) is 22.7. The first-order valence-corrected chi connectivity index (χ1v) is 10.4. The Balaban J connectivity index is 1.65. The van der Waals surface area contributed by atoms with Crippen LogP contribution in [0.3, 0.4) is 0 Å². The van der Waals surface area contributed by atoms with Crippen LogP contribution in [-0.2, 0) is 11.2 Å². The number of anilines is 3. The topological polar surface area (TPSA) is 180 Å². The van der Waals surface area contributed by atoms with E-state index in [2.05, 4.69) is 49.4 Å². The van der Waals surface area contributed by atoms with E-state index >= 15 is 0 Å². The molecule has 1 aromatic carbocycles. The molecule has 1 aliphatic heterocycles. The molecule has 2 aromatic heterocycles. The van der Waals surface area contributed by atoms with Gasteiger partial charge in [0.25, 0.3) is 0 Å². The number of imidazole rings is 1. The predicted molar refractivity (Wildman–Crippen MR) is 118 cm³/mol. The van der Waals surface area contributed by atoms with Gasteiger partial charge in [0.15, 0.2) is 11.5 Å². The van der Waals surface area contributed by atoms with Gasteiger partial charge in [0.05, 0.1) is 19.0 Å². The van der Waals surface area contributed by atoms with Crippen LogP contribution in [0.5, 0.6) is 0 Å². The molecule has 168 valence electrons. The third-order valence-corrected chi connectivity index (χ3v) is 5.45. The predicted octanol–water partition coefficient (Wildman–Crippen LogP) is 2.42. The summed E-state index contributed by atoms with van der Waals surface area (Å²) in [5, 5.41) is 26.6. The molecule has 3 heterocycles. The number of aliphatic hydroxyl groups excluding tert-OH is 2. The Morgan fingerprint density at radius 3 is 2.78 bits per heavy atom. The van der Waals surface area contributed by atoms with Gasteiger partial charge in [0.1, 0.15) is 23.9 Å². The maximum absolute atomic E-state index is 10.3. The van der Waals surface area contributed by atoms with Crippen molar-refractivity contribution in [3.8, 4) is 0 Å². The number of nitrogens with two attached hydrogens (primary N) is 1. The van der Waals surface area contributed by atoms with E-state index in [0.29, 0.717) is 11.2 Å². The highest BCUT2D eigenvalue weighted by Gasteiger charge is 2.44. The summed E-state index contributed by atoms with van der Waals surface area (Å²) in [6.07, 6.45) is 1.74. The molecule has 12 heteroatoms. The summed E-state index contributed by atoms with van der Waals surface area (Å²) in [4.78, 5) is 15.8. The van der Waals surface area contributed by atoms with E-state index in [1.165, 1.54) is 16.5 Å². The molecule has 0 aliphatic carbocycles. The second-order valence-electron chi connectivity index (χ2n) is 7.62. The maximum atomic E-state index is 10.3. The summed E-state index contributed by atoms with van der Waals surface area (Å²) < 4.78 is 7.24. The molecule has 4 rings (SSSR count). The van der Waals surface area contributed by atoms with Gasteiger partial charge in [0, 0.05) is 10.6 Å². The van der Waals surface area contributed by atoms with Crippen LogP contribution >= 0.6 is 0 Å². The number of hydrogen-bond donors (Lipinski definition) is 4. The van der Waals surface area contributed by atoms with Crippen molar-refractivity contribution in [1.82, 2.24) is 19.5 Å². The highest BCUT2D eigenvalue weighted by atomic mass is 16.5. The van der Waals surface area contributed by atoms with E-state index in [4.69, 9.17) is 16.0 Å². The smallest absolute Gasteiger partial charge is 0.231 e. The number of rotatable bonds is 8. The SMILES string of the molecule is CCCCc1ccc(Nc2nc(N)c3ncn([C@@H]4O[C@H](CO)[C@@H](O)[C@@H]4N=[N+]=[N-])c3n2)cc1. The van der Waals surface area contributed by atoms with Crippen molar-refractivity contribution in [1.29, 1.82) is 0 Å². The van der Waals surface area contributed by atoms with Crippen LogP contribution in [0.2, 0.25) is 0 Å². The zero-order valence-corrected chi connectivity index (χ0v) is 17.5. The average molecular weight is 439 g/mol. The van der Waals surface area contributed by atoms with Crippen molar-refractivity contribution in [2.24, 2.45) is 5.11 Å². The van der Waals surface area contributed by atoms with E-state index in [1.54, 1.807) is 0 Å². The fraction of sp³-hybridized carbons (Fsp3) is 0.450. The van der Waals surface area contributed by atoms with Gasteiger partial charge in [-0.2, -0.15) is 9.97 Å². The number of aliphatic hydroxyl groups is 2. The summed E-state index contributed by atoms with van der Waals surface area (Å²) in [5.74, 6) is 0.420. The van der Waals surface area contributed by atoms with Gasteiger partial charge in [-0.25, -0.2) is 4.98 Å². The minimum Gasteiger partial charge on any atom is -0.394 e. The van der Waals surface area contributed by atoms with Crippen LogP contribution in [0, 0.1) is 0 Å². The fourth-order valence-electron chi connectivity index (χ4n) is 3.74. The lowest BCUT2D eigenvalue weighted by atomic mass is 10.1. The first-order valence-electron chi connectivity index (χ1n) is 10.4. The molecule has 5 N–H and O–H groups in total. The quantitative estimate of drug-likeness (QED) is 0.234. The van der Waals surface area contributed by atoms with Gasteiger partial charge in [-0.3, -0.25) is 4.57 Å². The zero-order valence-electron chi connectivity index (χ0n) is 17.5. The number of azide groups is 1. The summed E-state index contributed by atoms with van der Waals surface area (Å²) in [5.41, 5.74) is 17.7. The first-order chi connectivity index (χ1) is 15.5. The molecule has 12 nitrogen and oxygen atoms in total. The van der Waals surface area contributed by atoms with Crippen molar-refractivity contribution in [3.63, 3.8) is 0 Å². The Kier molecular flexibility index (Phi) is 6.37. The molecule has 32 heavy (non-hydrogen) atoms. The summed E-state index contributed by atoms with van der Waals surface area (Å²) in [6.45, 7) is 1.73. The van der Waals surface area contributed by atoms with Crippen molar-refractivity contribution in [2.45, 2.75) is 50.7 Å². The first kappa shape index (κ1) is 21.8. The minimum atomic E-state index is -1.18. The van der Waals surface area contributed by atoms with E-state index in [0.717, 1.165) is 24.9 Å². The molecule has 0 unspecified atom stereocenters. The number of aromatic nitrogens is 4. The molecule has 0 saturated carbocycles. The molecule has 1 aliphatic rings. The third-order valence-electron chi connectivity index (χ3n) is 5.45. The zero-order chi connectivity index (χ0) is 22.7. The molecule has 0 spiro atoms. The Morgan fingerprint density at radius 2 is 2.09 bits per heavy atom. The maximum Gasteiger partial charge on any atom is 0.231 e. The Bertz CT molecular complexity index is 1130. The van der Waals surface area contributed by atoms with Crippen molar-refractivity contribution < 1.29 is 14.9 Å². The summed E-state index contributed by atoms with van der Waals surface area (Å²) in [6, 6.07) is 7.03. The average Bonchev–Trinajstić information content (AvgIpc) is 3.35. The summed E-state index contributed by atoms with van der Waals surface area (Å²) >= 11 is 0. The molecular weight excluding hydrogens is 414 g/mol. The number of hydrogen-bond acceptors (Lipinski definition) is 9. The second-order valence-corrected chi connectivity index (χ2v) is 7.62. The molecule has 4 atom stereocenters. The summed E-state index contributed by atoms with van der Waals surface area (Å²) in [7, 11) is 0. The molecule has 1 fully saturated rings. The lowest BCUT2D eigenvalue weighted by Crippen LogP contribution is -2.31. The number of nitrogens with zero attached hydrogens (tertiary/aromatic N) is 7. The Hall–Kier alpha value is -3.44. The number of benzene rings is 1. The van der Waals surface area contributed by atoms with Gasteiger partial charge in [-0.15, -0.1) is 0 Å². The monoisotopic (exact) mass is 439 g/mol. The van der Waals surface area contributed by atoms with Crippen LogP contribution in [-0.4, -0.2) is 54.6 Å². The molecule has 0 amide bonds. The Morgan fingerprint density at radius 1 is 1.31 bits per heavy atom. The number of ether oxygens (including phenoxy) is 1. The third kappa shape index (κ3) is 4.16. The van der Waals surface area contributed by atoms with Crippen LogP contribution in [0.1, 0.15) is 31.6 Å². The standard InChI is InChI=1S/C20H25N9O3/c1-2-3-4-11-5-7-12(8-6-11)24-20-25-17(21)15-18(26-20)29(10-23-15)19-14(27-28-22)16(31)13(9-30)32-19/h5-8,10,13-14,16,19,30-31H,2-4,9H2,1H3,(H3,21,24,25,26)/t13-,14+,16-,19-/m1/s1. The van der Waals surface area contributed by atoms with Gasteiger partial charge in [-0.05, 0) is 36.1 Å². The fourth-order valence-corrected chi connectivity index (χ4v) is 3.74. The van der Waals surface area contributed by atoms with Crippen LogP contribution in [0.15, 0.2) is 35.7 Å². The number of aryl methyl sites for hydroxylation is 1. The van der Waals surface area contributed by atoms with Crippen LogP contribution < -0.4 is 11.1 Å². The molecule has 0 bridgehead atoms. The number of nitrogens with one attached hydrogen (secondary N) is 1. The van der Waals surface area contributed by atoms with Gasteiger partial charge >= 0.3 is 0 Å². The molecular formula is C20H25N9O3. The molecule has 3 aromatic rings. The minimum absolute atomic E-state index is 0.161. The van der Waals surface area contributed by atoms with Gasteiger partial charge in [-0.1, -0.05) is 30.6 Å². The number of unbranched alkanes of at least 4 members (excludes halogenated alkanes) is 1. The lowest BCUT2D eigenvalue weighted by Gasteiger charge is -2.17. The van der Waals surface area contributed by atoms with E-state index in [1.807, 2.05) is 12.1 Å². The largest absolute Gasteiger partial charge is 0.394 e. The van der Waals surface area contributed by atoms with Crippen molar-refractivity contribution in [2.75, 3.05) is 17.7 Å². The van der Waals surface area contributed by atoms with Gasteiger partial charge < -0.3 is 26.0 Å². The number of fused-ring (bicyclic) bond motifs is 1. The Labute approximate surface area is 183 Å². The highest BCUT2D eigenvalue weighted by Crippen LogP contribution is 2.34. The van der Waals surface area contributed by atoms with Crippen LogP contribution in [0.4, 0.5) is 17.5 Å². The van der Waals surface area contributed by atoms with E-state index < -0.39 is 31.1 Å². The van der Waals surface area contributed by atoms with Crippen LogP contribution in [0.25, 0.3) is 21.6 Å². The lowest BCUT2D eigenvalue weighted by molar-refractivity contribution is -0.0436. The van der Waals surface area contributed by atoms with Crippen molar-refractivity contribution >= 4 is 28.6 Å². The molecule has 0 radical (unpaired) electrons. The van der Waals surface area contributed by atoms with E-state index in [-0.39, 0.29) is 11.8 Å². The number of nitrogen functional groups attached to an aromatic ring is 1.